The van der Waals surface area contributed by atoms with Crippen molar-refractivity contribution in [1.82, 2.24) is 4.90 Å². The zero-order chi connectivity index (χ0) is 10.6. The van der Waals surface area contributed by atoms with Crippen LogP contribution in [0.4, 0.5) is 0 Å². The first-order valence-corrected chi connectivity index (χ1v) is 5.48. The van der Waals surface area contributed by atoms with Gasteiger partial charge in [-0.25, -0.2) is 0 Å². The fourth-order valence-corrected chi connectivity index (χ4v) is 3.30. The van der Waals surface area contributed by atoms with Crippen molar-refractivity contribution in [3.05, 3.63) is 24.3 Å². The maximum absolute atomic E-state index is 4.29. The predicted octanol–water partition coefficient (Wildman–Crippen LogP) is 2.99. The zero-order valence-corrected chi connectivity index (χ0v) is 9.69. The average Bonchev–Trinajstić information content (AvgIpc) is 2.49. The van der Waals surface area contributed by atoms with Crippen LogP contribution in [0.15, 0.2) is 24.3 Å². The molecule has 0 radical (unpaired) electrons. The summed E-state index contributed by atoms with van der Waals surface area (Å²) in [5.41, 5.74) is 3.29. The molecule has 0 bridgehead atoms. The molecule has 1 heteroatoms. The van der Waals surface area contributed by atoms with E-state index in [0.717, 1.165) is 13.0 Å². The molecule has 0 aromatic carbocycles. The van der Waals surface area contributed by atoms with Crippen molar-refractivity contribution >= 4 is 0 Å². The van der Waals surface area contributed by atoms with E-state index in [1.165, 1.54) is 24.1 Å². The smallest absolute Gasteiger partial charge is 0.0507 e. The van der Waals surface area contributed by atoms with Crippen LogP contribution in [-0.4, -0.2) is 23.5 Å². The van der Waals surface area contributed by atoms with Crippen LogP contribution in [0.25, 0.3) is 0 Å². The minimum Gasteiger partial charge on any atom is -0.289 e. The summed E-state index contributed by atoms with van der Waals surface area (Å²) >= 11 is 0. The SMILES string of the molecule is C=C1CN2CCC(=C)C2(C(C)(C)C)C1. The van der Waals surface area contributed by atoms with Gasteiger partial charge in [0, 0.05) is 13.1 Å². The molecule has 2 fully saturated rings. The van der Waals surface area contributed by atoms with E-state index < -0.39 is 0 Å². The highest BCUT2D eigenvalue weighted by molar-refractivity contribution is 5.35. The van der Waals surface area contributed by atoms with Gasteiger partial charge in [-0.05, 0) is 18.3 Å². The van der Waals surface area contributed by atoms with Crippen molar-refractivity contribution in [3.8, 4) is 0 Å². The first-order valence-electron chi connectivity index (χ1n) is 5.48. The number of rotatable bonds is 0. The van der Waals surface area contributed by atoms with Gasteiger partial charge in [-0.2, -0.15) is 0 Å². The molecule has 0 amide bonds. The maximum Gasteiger partial charge on any atom is 0.0507 e. The van der Waals surface area contributed by atoms with Gasteiger partial charge < -0.3 is 0 Å². The Morgan fingerprint density at radius 1 is 1.29 bits per heavy atom. The van der Waals surface area contributed by atoms with Crippen LogP contribution in [-0.2, 0) is 0 Å². The van der Waals surface area contributed by atoms with Crippen molar-refractivity contribution in [1.29, 1.82) is 0 Å². The van der Waals surface area contributed by atoms with Gasteiger partial charge in [-0.15, -0.1) is 0 Å². The van der Waals surface area contributed by atoms with Gasteiger partial charge in [0.1, 0.15) is 0 Å². The van der Waals surface area contributed by atoms with Crippen molar-refractivity contribution in [2.24, 2.45) is 5.41 Å². The Bertz CT molecular complexity index is 295. The van der Waals surface area contributed by atoms with Crippen LogP contribution < -0.4 is 0 Å². The molecule has 2 saturated heterocycles. The molecule has 1 atom stereocenters. The fourth-order valence-electron chi connectivity index (χ4n) is 3.30. The molecular weight excluding hydrogens is 170 g/mol. The lowest BCUT2D eigenvalue weighted by molar-refractivity contribution is 0.0930. The standard InChI is InChI=1S/C13H21N/c1-10-8-13(12(3,4)5)11(2)6-7-14(13)9-10/h1-2,6-9H2,3-5H3. The number of nitrogens with zero attached hydrogens (tertiary/aromatic N) is 1. The zero-order valence-electron chi connectivity index (χ0n) is 9.69. The number of hydrogen-bond donors (Lipinski definition) is 0. The fraction of sp³-hybridized carbons (Fsp3) is 0.692. The highest BCUT2D eigenvalue weighted by Gasteiger charge is 2.54. The minimum absolute atomic E-state index is 0.212. The summed E-state index contributed by atoms with van der Waals surface area (Å²) in [5, 5.41) is 0. The molecule has 1 nitrogen and oxygen atoms in total. The second-order valence-electron chi connectivity index (χ2n) is 5.81. The highest BCUT2D eigenvalue weighted by Crippen LogP contribution is 2.53. The summed E-state index contributed by atoms with van der Waals surface area (Å²) < 4.78 is 0. The van der Waals surface area contributed by atoms with E-state index in [-0.39, 0.29) is 11.0 Å². The van der Waals surface area contributed by atoms with Gasteiger partial charge in [0.25, 0.3) is 0 Å². The van der Waals surface area contributed by atoms with E-state index in [4.69, 9.17) is 0 Å². The summed E-state index contributed by atoms with van der Waals surface area (Å²) in [7, 11) is 0. The highest BCUT2D eigenvalue weighted by atomic mass is 15.3. The van der Waals surface area contributed by atoms with Crippen LogP contribution >= 0.6 is 0 Å². The van der Waals surface area contributed by atoms with E-state index in [9.17, 15) is 0 Å². The molecule has 14 heavy (non-hydrogen) atoms. The third-order valence-corrected chi connectivity index (χ3v) is 3.97. The normalized spacial score (nSPS) is 33.9. The van der Waals surface area contributed by atoms with Gasteiger partial charge in [0.2, 0.25) is 0 Å². The van der Waals surface area contributed by atoms with E-state index in [1.54, 1.807) is 0 Å². The number of fused-ring (bicyclic) bond motifs is 1. The molecule has 1 unspecified atom stereocenters. The van der Waals surface area contributed by atoms with E-state index in [2.05, 4.69) is 38.8 Å². The third kappa shape index (κ3) is 1.05. The third-order valence-electron chi connectivity index (χ3n) is 3.97. The van der Waals surface area contributed by atoms with Crippen LogP contribution in [0, 0.1) is 5.41 Å². The molecule has 0 aromatic heterocycles. The molecule has 0 aliphatic carbocycles. The molecule has 2 rings (SSSR count). The Morgan fingerprint density at radius 2 is 1.93 bits per heavy atom. The Morgan fingerprint density at radius 3 is 2.43 bits per heavy atom. The Hall–Kier alpha value is -0.560. The van der Waals surface area contributed by atoms with Gasteiger partial charge in [-0.1, -0.05) is 45.1 Å². The van der Waals surface area contributed by atoms with Crippen LogP contribution in [0.3, 0.4) is 0 Å². The lowest BCUT2D eigenvalue weighted by Gasteiger charge is -2.44. The molecule has 78 valence electrons. The topological polar surface area (TPSA) is 3.24 Å². The van der Waals surface area contributed by atoms with Crippen molar-refractivity contribution in [3.63, 3.8) is 0 Å². The van der Waals surface area contributed by atoms with Crippen molar-refractivity contribution < 1.29 is 0 Å². The summed E-state index contributed by atoms with van der Waals surface area (Å²) in [6.45, 7) is 17.7. The van der Waals surface area contributed by atoms with Gasteiger partial charge >= 0.3 is 0 Å². The maximum atomic E-state index is 4.29. The van der Waals surface area contributed by atoms with E-state index >= 15 is 0 Å². The second kappa shape index (κ2) is 2.73. The van der Waals surface area contributed by atoms with E-state index in [1.807, 2.05) is 0 Å². The molecule has 2 aliphatic rings. The Labute approximate surface area is 87.5 Å². The van der Waals surface area contributed by atoms with Gasteiger partial charge in [0.15, 0.2) is 0 Å². The average molecular weight is 191 g/mol. The van der Waals surface area contributed by atoms with E-state index in [0.29, 0.717) is 0 Å². The van der Waals surface area contributed by atoms with Crippen LogP contribution in [0.1, 0.15) is 33.6 Å². The molecular formula is C13H21N. The van der Waals surface area contributed by atoms with Crippen LogP contribution in [0.2, 0.25) is 0 Å². The molecule has 2 heterocycles. The second-order valence-corrected chi connectivity index (χ2v) is 5.81. The molecule has 2 aliphatic heterocycles. The summed E-state index contributed by atoms with van der Waals surface area (Å²) in [6.07, 6.45) is 2.29. The predicted molar refractivity (Wildman–Crippen MR) is 61.3 cm³/mol. The van der Waals surface area contributed by atoms with Gasteiger partial charge in [0.05, 0.1) is 5.54 Å². The van der Waals surface area contributed by atoms with Crippen molar-refractivity contribution in [2.45, 2.75) is 39.2 Å². The lowest BCUT2D eigenvalue weighted by atomic mass is 9.68. The number of hydrogen-bond acceptors (Lipinski definition) is 1. The summed E-state index contributed by atoms with van der Waals surface area (Å²) in [6, 6.07) is 0. The summed E-state index contributed by atoms with van der Waals surface area (Å²) in [4.78, 5) is 2.58. The first-order chi connectivity index (χ1) is 6.38. The molecule has 0 saturated carbocycles. The molecule has 0 aromatic rings. The Balaban J connectivity index is 2.46. The summed E-state index contributed by atoms with van der Waals surface area (Å²) in [5.74, 6) is 0. The lowest BCUT2D eigenvalue weighted by Crippen LogP contribution is -2.49. The largest absolute Gasteiger partial charge is 0.289 e. The Kier molecular flexibility index (Phi) is 1.94. The first kappa shape index (κ1) is 9.97. The molecule has 0 N–H and O–H groups in total. The van der Waals surface area contributed by atoms with Crippen LogP contribution in [0.5, 0.6) is 0 Å². The molecule has 0 spiro atoms. The minimum atomic E-state index is 0.212. The quantitative estimate of drug-likeness (QED) is 0.532. The monoisotopic (exact) mass is 191 g/mol. The van der Waals surface area contributed by atoms with Gasteiger partial charge in [-0.3, -0.25) is 4.90 Å². The van der Waals surface area contributed by atoms with Crippen molar-refractivity contribution in [2.75, 3.05) is 13.1 Å².